The van der Waals surface area contributed by atoms with Crippen LogP contribution in [0.15, 0.2) is 18.2 Å². The summed E-state index contributed by atoms with van der Waals surface area (Å²) in [5.41, 5.74) is 0. The molecule has 2 N–H and O–H groups in total. The number of benzene rings is 1. The summed E-state index contributed by atoms with van der Waals surface area (Å²) >= 11 is 12.0. The highest BCUT2D eigenvalue weighted by molar-refractivity contribution is 6.42. The molecule has 2 rings (SSSR count). The number of hydrogen-bond acceptors (Lipinski definition) is 3. The number of ether oxygens (including phenoxy) is 1. The van der Waals surface area contributed by atoms with Crippen molar-refractivity contribution in [3.63, 3.8) is 0 Å². The van der Waals surface area contributed by atoms with Gasteiger partial charge in [-0.3, -0.25) is 9.59 Å². The van der Waals surface area contributed by atoms with Gasteiger partial charge >= 0.3 is 0 Å². The quantitative estimate of drug-likeness (QED) is 0.727. The minimum Gasteiger partial charge on any atom is -0.491 e. The van der Waals surface area contributed by atoms with Crippen LogP contribution in [0.1, 0.15) is 46.0 Å². The first-order chi connectivity index (χ1) is 12.4. The van der Waals surface area contributed by atoms with Gasteiger partial charge in [0.15, 0.2) is 0 Å². The van der Waals surface area contributed by atoms with Crippen LogP contribution < -0.4 is 15.4 Å². The lowest BCUT2D eigenvalue weighted by atomic mass is 9.85. The molecule has 144 valence electrons. The van der Waals surface area contributed by atoms with Gasteiger partial charge in [-0.05, 0) is 45.2 Å². The summed E-state index contributed by atoms with van der Waals surface area (Å²) in [4.78, 5) is 24.3. The average molecular weight is 401 g/mol. The van der Waals surface area contributed by atoms with E-state index in [0.29, 0.717) is 22.2 Å². The molecule has 1 fully saturated rings. The average Bonchev–Trinajstić information content (AvgIpc) is 2.58. The molecule has 2 unspecified atom stereocenters. The molecule has 1 aromatic carbocycles. The number of rotatable bonds is 7. The minimum absolute atomic E-state index is 0.0297. The standard InChI is InChI=1S/C19H26Cl2N2O3/c1-12(2)22-19(25)13-5-3-6-14(11-13)23-17(24)9-10-26-16-8-4-7-15(20)18(16)21/h4,7-8,12-14H,3,5-6,9-11H2,1-2H3,(H,22,25)(H,23,24). The Bertz CT molecular complexity index is 637. The number of carbonyl (C=O) groups excluding carboxylic acids is 2. The van der Waals surface area contributed by atoms with E-state index in [2.05, 4.69) is 10.6 Å². The van der Waals surface area contributed by atoms with Crippen LogP contribution in [0.2, 0.25) is 10.0 Å². The van der Waals surface area contributed by atoms with Crippen molar-refractivity contribution in [2.24, 2.45) is 5.92 Å². The fourth-order valence-electron chi connectivity index (χ4n) is 3.11. The summed E-state index contributed by atoms with van der Waals surface area (Å²) in [7, 11) is 0. The zero-order chi connectivity index (χ0) is 19.1. The molecule has 1 aliphatic carbocycles. The lowest BCUT2D eigenvalue weighted by molar-refractivity contribution is -0.128. The van der Waals surface area contributed by atoms with Crippen LogP contribution in [0.25, 0.3) is 0 Å². The summed E-state index contributed by atoms with van der Waals surface area (Å²) < 4.78 is 5.54. The summed E-state index contributed by atoms with van der Waals surface area (Å²) in [5.74, 6) is 0.434. The van der Waals surface area contributed by atoms with E-state index in [0.717, 1.165) is 19.3 Å². The van der Waals surface area contributed by atoms with Gasteiger partial charge in [0.1, 0.15) is 10.8 Å². The van der Waals surface area contributed by atoms with E-state index in [4.69, 9.17) is 27.9 Å². The molecule has 5 nitrogen and oxygen atoms in total. The lowest BCUT2D eigenvalue weighted by Crippen LogP contribution is -2.44. The van der Waals surface area contributed by atoms with Crippen LogP contribution in [0.4, 0.5) is 0 Å². The van der Waals surface area contributed by atoms with Crippen LogP contribution >= 0.6 is 23.2 Å². The Hall–Kier alpha value is -1.46. The first-order valence-corrected chi connectivity index (χ1v) is 9.79. The first kappa shape index (κ1) is 20.8. The van der Waals surface area contributed by atoms with Crippen LogP contribution in [0, 0.1) is 5.92 Å². The summed E-state index contributed by atoms with van der Waals surface area (Å²) in [6, 6.07) is 5.30. The van der Waals surface area contributed by atoms with Crippen LogP contribution in [-0.2, 0) is 9.59 Å². The van der Waals surface area contributed by atoms with E-state index in [1.54, 1.807) is 18.2 Å². The van der Waals surface area contributed by atoms with Gasteiger partial charge in [-0.25, -0.2) is 0 Å². The van der Waals surface area contributed by atoms with E-state index in [9.17, 15) is 9.59 Å². The Kier molecular flexibility index (Phi) is 8.04. The third-order valence-electron chi connectivity index (χ3n) is 4.34. The van der Waals surface area contributed by atoms with Crippen molar-refractivity contribution in [3.05, 3.63) is 28.2 Å². The molecule has 2 amide bonds. The third-order valence-corrected chi connectivity index (χ3v) is 5.15. The maximum Gasteiger partial charge on any atom is 0.223 e. The molecular formula is C19H26Cl2N2O3. The molecule has 0 heterocycles. The van der Waals surface area contributed by atoms with Crippen molar-refractivity contribution in [2.75, 3.05) is 6.61 Å². The smallest absolute Gasteiger partial charge is 0.223 e. The fraction of sp³-hybridized carbons (Fsp3) is 0.579. The van der Waals surface area contributed by atoms with Crippen LogP contribution in [-0.4, -0.2) is 30.5 Å². The molecule has 0 aromatic heterocycles. The minimum atomic E-state index is -0.0851. The van der Waals surface area contributed by atoms with Gasteiger partial charge < -0.3 is 15.4 Å². The summed E-state index contributed by atoms with van der Waals surface area (Å²) in [6.07, 6.45) is 3.63. The molecule has 1 aromatic rings. The molecule has 0 aliphatic heterocycles. The van der Waals surface area contributed by atoms with Crippen LogP contribution in [0.3, 0.4) is 0 Å². The molecule has 0 spiro atoms. The normalized spacial score (nSPS) is 19.9. The van der Waals surface area contributed by atoms with Gasteiger partial charge in [0.2, 0.25) is 11.8 Å². The highest BCUT2D eigenvalue weighted by atomic mass is 35.5. The number of nitrogens with one attached hydrogen (secondary N) is 2. The fourth-order valence-corrected chi connectivity index (χ4v) is 3.46. The van der Waals surface area contributed by atoms with Crippen molar-refractivity contribution in [2.45, 2.75) is 58.0 Å². The summed E-state index contributed by atoms with van der Waals surface area (Å²) in [6.45, 7) is 4.12. The zero-order valence-electron chi connectivity index (χ0n) is 15.2. The van der Waals surface area contributed by atoms with E-state index in [1.807, 2.05) is 13.8 Å². The van der Waals surface area contributed by atoms with Gasteiger partial charge in [0, 0.05) is 18.0 Å². The topological polar surface area (TPSA) is 67.4 Å². The predicted octanol–water partition coefficient (Wildman–Crippen LogP) is 3.96. The molecule has 2 atom stereocenters. The van der Waals surface area contributed by atoms with E-state index >= 15 is 0 Å². The van der Waals surface area contributed by atoms with Crippen molar-refractivity contribution >= 4 is 35.0 Å². The van der Waals surface area contributed by atoms with E-state index in [1.165, 1.54) is 0 Å². The Morgan fingerprint density at radius 3 is 2.77 bits per heavy atom. The molecule has 0 saturated heterocycles. The van der Waals surface area contributed by atoms with Crippen LogP contribution in [0.5, 0.6) is 5.75 Å². The maximum atomic E-state index is 12.2. The van der Waals surface area contributed by atoms with Gasteiger partial charge in [-0.2, -0.15) is 0 Å². The van der Waals surface area contributed by atoms with Gasteiger partial charge in [-0.15, -0.1) is 0 Å². The zero-order valence-corrected chi connectivity index (χ0v) is 16.7. The molecule has 7 heteroatoms. The monoisotopic (exact) mass is 400 g/mol. The molecular weight excluding hydrogens is 375 g/mol. The number of halogens is 2. The largest absolute Gasteiger partial charge is 0.491 e. The van der Waals surface area contributed by atoms with E-state index < -0.39 is 0 Å². The molecule has 26 heavy (non-hydrogen) atoms. The Morgan fingerprint density at radius 1 is 1.27 bits per heavy atom. The number of hydrogen-bond donors (Lipinski definition) is 2. The molecule has 1 aliphatic rings. The Morgan fingerprint density at radius 2 is 2.04 bits per heavy atom. The van der Waals surface area contributed by atoms with E-state index in [-0.39, 0.29) is 42.8 Å². The van der Waals surface area contributed by atoms with Gasteiger partial charge in [-0.1, -0.05) is 35.7 Å². The number of carbonyl (C=O) groups is 2. The van der Waals surface area contributed by atoms with Crippen molar-refractivity contribution in [3.8, 4) is 5.75 Å². The predicted molar refractivity (Wildman–Crippen MR) is 104 cm³/mol. The molecule has 0 radical (unpaired) electrons. The highest BCUT2D eigenvalue weighted by Crippen LogP contribution is 2.31. The molecule has 0 bridgehead atoms. The molecule has 1 saturated carbocycles. The second-order valence-corrected chi connectivity index (χ2v) is 7.73. The SMILES string of the molecule is CC(C)NC(=O)C1CCCC(NC(=O)CCOc2cccc(Cl)c2Cl)C1. The second kappa shape index (κ2) is 10.0. The summed E-state index contributed by atoms with van der Waals surface area (Å²) in [5, 5.41) is 6.73. The van der Waals surface area contributed by atoms with Crippen molar-refractivity contribution < 1.29 is 14.3 Å². The number of amides is 2. The van der Waals surface area contributed by atoms with Crippen molar-refractivity contribution in [1.29, 1.82) is 0 Å². The van der Waals surface area contributed by atoms with Gasteiger partial charge in [0.05, 0.1) is 18.1 Å². The Labute approximate surface area is 164 Å². The van der Waals surface area contributed by atoms with Gasteiger partial charge in [0.25, 0.3) is 0 Å². The highest BCUT2D eigenvalue weighted by Gasteiger charge is 2.28. The maximum absolute atomic E-state index is 12.2. The first-order valence-electron chi connectivity index (χ1n) is 9.03. The second-order valence-electron chi connectivity index (χ2n) is 6.94. The Balaban J connectivity index is 1.75. The van der Waals surface area contributed by atoms with Crippen molar-refractivity contribution in [1.82, 2.24) is 10.6 Å². The lowest BCUT2D eigenvalue weighted by Gasteiger charge is -2.29. The third kappa shape index (κ3) is 6.36.